The fourth-order valence-corrected chi connectivity index (χ4v) is 3.81. The molecule has 3 rings (SSSR count). The van der Waals surface area contributed by atoms with Crippen molar-refractivity contribution in [1.82, 2.24) is 20.9 Å². The van der Waals surface area contributed by atoms with Crippen LogP contribution in [-0.2, 0) is 13.1 Å². The summed E-state index contributed by atoms with van der Waals surface area (Å²) in [5.41, 5.74) is 3.13. The van der Waals surface area contributed by atoms with E-state index >= 15 is 0 Å². The second kappa shape index (κ2) is 14.1. The first-order valence-corrected chi connectivity index (χ1v) is 11.3. The fraction of sp³-hybridized carbons (Fsp3) is 0.440. The molecule has 1 amide bonds. The number of carbonyl (C=O) groups excluding carboxylic acids is 1. The van der Waals surface area contributed by atoms with Gasteiger partial charge in [-0.25, -0.2) is 0 Å². The zero-order chi connectivity index (χ0) is 21.9. The number of amides is 1. The Hall–Kier alpha value is -2.13. The lowest BCUT2D eigenvalue weighted by atomic mass is 10.0. The lowest BCUT2D eigenvalue weighted by Crippen LogP contribution is -2.48. The van der Waals surface area contributed by atoms with Gasteiger partial charge in [-0.15, -0.1) is 24.0 Å². The summed E-state index contributed by atoms with van der Waals surface area (Å²) in [4.78, 5) is 19.1. The van der Waals surface area contributed by atoms with Crippen LogP contribution >= 0.6 is 24.0 Å². The van der Waals surface area contributed by atoms with Crippen molar-refractivity contribution in [3.63, 3.8) is 0 Å². The largest absolute Gasteiger partial charge is 0.354 e. The Morgan fingerprint density at radius 3 is 2.44 bits per heavy atom. The summed E-state index contributed by atoms with van der Waals surface area (Å²) in [7, 11) is 1.80. The van der Waals surface area contributed by atoms with E-state index in [-0.39, 0.29) is 29.9 Å². The van der Waals surface area contributed by atoms with E-state index in [0.717, 1.165) is 50.4 Å². The summed E-state index contributed by atoms with van der Waals surface area (Å²) < 4.78 is 0. The lowest BCUT2D eigenvalue weighted by molar-refractivity contribution is 0.0953. The van der Waals surface area contributed by atoms with Gasteiger partial charge in [0.2, 0.25) is 0 Å². The molecule has 0 spiro atoms. The van der Waals surface area contributed by atoms with Crippen LogP contribution in [0.15, 0.2) is 59.6 Å². The van der Waals surface area contributed by atoms with Crippen molar-refractivity contribution >= 4 is 35.8 Å². The molecular formula is C25H36IN5O. The van der Waals surface area contributed by atoms with Crippen LogP contribution in [0, 0.1) is 0 Å². The van der Waals surface area contributed by atoms with E-state index in [1.54, 1.807) is 7.05 Å². The third-order valence-corrected chi connectivity index (χ3v) is 5.59. The minimum absolute atomic E-state index is 0. The van der Waals surface area contributed by atoms with Gasteiger partial charge in [-0.05, 0) is 42.5 Å². The summed E-state index contributed by atoms with van der Waals surface area (Å²) in [6, 6.07) is 18.8. The molecule has 0 aromatic heterocycles. The number of hydrogen-bond acceptors (Lipinski definition) is 3. The minimum Gasteiger partial charge on any atom is -0.354 e. The van der Waals surface area contributed by atoms with Crippen LogP contribution in [0.25, 0.3) is 0 Å². The predicted molar refractivity (Wildman–Crippen MR) is 143 cm³/mol. The molecule has 3 N–H and O–H groups in total. The molecule has 0 aliphatic carbocycles. The number of nitrogens with one attached hydrogen (secondary N) is 3. The summed E-state index contributed by atoms with van der Waals surface area (Å²) in [6.07, 6.45) is 3.13. The number of nitrogens with zero attached hydrogens (tertiary/aromatic N) is 2. The summed E-state index contributed by atoms with van der Waals surface area (Å²) in [5.74, 6) is 0.788. The SMILES string of the molecule is CCCNC(=O)c1cccc(CNC(=NC)NC2CCN(Cc3ccccc3)CC2)c1.I. The van der Waals surface area contributed by atoms with E-state index in [9.17, 15) is 4.79 Å². The number of piperidine rings is 1. The van der Waals surface area contributed by atoms with Gasteiger partial charge in [-0.3, -0.25) is 14.7 Å². The molecule has 1 aliphatic heterocycles. The van der Waals surface area contributed by atoms with E-state index in [4.69, 9.17) is 0 Å². The monoisotopic (exact) mass is 549 g/mol. The molecule has 1 fully saturated rings. The maximum absolute atomic E-state index is 12.2. The topological polar surface area (TPSA) is 68.8 Å². The maximum atomic E-state index is 12.2. The van der Waals surface area contributed by atoms with E-state index in [1.165, 1.54) is 5.56 Å². The standard InChI is InChI=1S/C25H35N5O.HI/c1-3-14-27-24(31)22-11-7-10-21(17-22)18-28-25(26-2)29-23-12-15-30(16-13-23)19-20-8-5-4-6-9-20;/h4-11,17,23H,3,12-16,18-19H2,1-2H3,(H,27,31)(H2,26,28,29);1H. The van der Waals surface area contributed by atoms with Crippen molar-refractivity contribution in [2.45, 2.75) is 45.3 Å². The number of rotatable bonds is 8. The van der Waals surface area contributed by atoms with Crippen LogP contribution in [0.2, 0.25) is 0 Å². The molecule has 0 unspecified atom stereocenters. The average molecular weight is 550 g/mol. The number of halogens is 1. The first kappa shape index (κ1) is 26.1. The van der Waals surface area contributed by atoms with E-state index in [2.05, 4.69) is 56.2 Å². The van der Waals surface area contributed by atoms with Crippen LogP contribution < -0.4 is 16.0 Å². The number of carbonyl (C=O) groups is 1. The van der Waals surface area contributed by atoms with Gasteiger partial charge in [0.15, 0.2) is 5.96 Å². The maximum Gasteiger partial charge on any atom is 0.251 e. The van der Waals surface area contributed by atoms with Crippen LogP contribution in [0.4, 0.5) is 0 Å². The average Bonchev–Trinajstić information content (AvgIpc) is 2.82. The van der Waals surface area contributed by atoms with Gasteiger partial charge in [0.1, 0.15) is 0 Å². The van der Waals surface area contributed by atoms with E-state index in [0.29, 0.717) is 24.7 Å². The molecule has 0 radical (unpaired) electrons. The second-order valence-corrected chi connectivity index (χ2v) is 8.06. The van der Waals surface area contributed by atoms with Crippen LogP contribution in [0.3, 0.4) is 0 Å². The number of hydrogen-bond donors (Lipinski definition) is 3. The number of guanidine groups is 1. The molecular weight excluding hydrogens is 513 g/mol. The van der Waals surface area contributed by atoms with Crippen molar-refractivity contribution in [2.75, 3.05) is 26.7 Å². The van der Waals surface area contributed by atoms with Gasteiger partial charge in [0.05, 0.1) is 0 Å². The van der Waals surface area contributed by atoms with Gasteiger partial charge < -0.3 is 16.0 Å². The first-order chi connectivity index (χ1) is 15.2. The van der Waals surface area contributed by atoms with Gasteiger partial charge >= 0.3 is 0 Å². The number of aliphatic imine (C=N–C) groups is 1. The quantitative estimate of drug-likeness (QED) is 0.267. The fourth-order valence-electron chi connectivity index (χ4n) is 3.81. The van der Waals surface area contributed by atoms with Gasteiger partial charge in [0.25, 0.3) is 5.91 Å². The zero-order valence-electron chi connectivity index (χ0n) is 19.1. The van der Waals surface area contributed by atoms with Crippen LogP contribution in [0.1, 0.15) is 47.7 Å². The minimum atomic E-state index is -0.0199. The van der Waals surface area contributed by atoms with Gasteiger partial charge in [-0.2, -0.15) is 0 Å². The number of likely N-dealkylation sites (tertiary alicyclic amines) is 1. The van der Waals surface area contributed by atoms with E-state index in [1.807, 2.05) is 31.2 Å². The molecule has 6 nitrogen and oxygen atoms in total. The third-order valence-electron chi connectivity index (χ3n) is 5.59. The molecule has 1 saturated heterocycles. The Morgan fingerprint density at radius 2 is 1.75 bits per heavy atom. The second-order valence-electron chi connectivity index (χ2n) is 8.06. The Kier molecular flexibility index (Phi) is 11.5. The molecule has 174 valence electrons. The molecule has 7 heteroatoms. The molecule has 1 aliphatic rings. The van der Waals surface area contributed by atoms with E-state index < -0.39 is 0 Å². The summed E-state index contributed by atoms with van der Waals surface area (Å²) in [6.45, 7) is 6.55. The van der Waals surface area contributed by atoms with Crippen molar-refractivity contribution in [1.29, 1.82) is 0 Å². The molecule has 2 aromatic carbocycles. The van der Waals surface area contributed by atoms with Crippen LogP contribution in [0.5, 0.6) is 0 Å². The Balaban J connectivity index is 0.00000363. The Morgan fingerprint density at radius 1 is 1.03 bits per heavy atom. The third kappa shape index (κ3) is 8.43. The lowest BCUT2D eigenvalue weighted by Gasteiger charge is -2.33. The molecule has 1 heterocycles. The smallest absolute Gasteiger partial charge is 0.251 e. The van der Waals surface area contributed by atoms with Crippen LogP contribution in [-0.4, -0.2) is 49.5 Å². The highest BCUT2D eigenvalue weighted by atomic mass is 127. The van der Waals surface area contributed by atoms with Gasteiger partial charge in [0, 0.05) is 51.4 Å². The summed E-state index contributed by atoms with van der Waals surface area (Å²) >= 11 is 0. The van der Waals surface area contributed by atoms with Crippen molar-refractivity contribution in [2.24, 2.45) is 4.99 Å². The molecule has 32 heavy (non-hydrogen) atoms. The molecule has 0 saturated carbocycles. The highest BCUT2D eigenvalue weighted by Crippen LogP contribution is 2.14. The zero-order valence-corrected chi connectivity index (χ0v) is 21.5. The normalized spacial score (nSPS) is 15.0. The summed E-state index contributed by atoms with van der Waals surface area (Å²) in [5, 5.41) is 9.87. The van der Waals surface area contributed by atoms with Crippen molar-refractivity contribution in [3.8, 4) is 0 Å². The molecule has 0 bridgehead atoms. The predicted octanol–water partition coefficient (Wildman–Crippen LogP) is 3.77. The Bertz CT molecular complexity index is 850. The number of benzene rings is 2. The Labute approximate surface area is 209 Å². The highest BCUT2D eigenvalue weighted by molar-refractivity contribution is 14.0. The highest BCUT2D eigenvalue weighted by Gasteiger charge is 2.20. The van der Waals surface area contributed by atoms with Gasteiger partial charge in [-0.1, -0.05) is 49.4 Å². The van der Waals surface area contributed by atoms with Crippen molar-refractivity contribution in [3.05, 3.63) is 71.3 Å². The molecule has 2 aromatic rings. The molecule has 0 atom stereocenters. The van der Waals surface area contributed by atoms with Crippen molar-refractivity contribution < 1.29 is 4.79 Å². The first-order valence-electron chi connectivity index (χ1n) is 11.3.